The topological polar surface area (TPSA) is 52.6 Å². The average Bonchev–Trinajstić information content (AvgIpc) is 3.33. The summed E-state index contributed by atoms with van der Waals surface area (Å²) in [5.41, 5.74) is 2.75. The van der Waals surface area contributed by atoms with Crippen LogP contribution >= 0.6 is 12.4 Å². The smallest absolute Gasteiger partial charge is 0.231 e. The summed E-state index contributed by atoms with van der Waals surface area (Å²) in [7, 11) is 3.41. The normalized spacial score (nSPS) is 19.8. The second kappa shape index (κ2) is 11.4. The lowest BCUT2D eigenvalue weighted by molar-refractivity contribution is 0.0844. The third-order valence-electron chi connectivity index (χ3n) is 6.98. The number of piperidine rings is 1. The first-order chi connectivity index (χ1) is 16.2. The molecule has 0 amide bonds. The monoisotopic (exact) mass is 490 g/mol. The molecule has 1 fully saturated rings. The highest BCUT2D eigenvalue weighted by Crippen LogP contribution is 2.36. The van der Waals surface area contributed by atoms with Crippen molar-refractivity contribution in [3.8, 4) is 28.7 Å². The quantitative estimate of drug-likeness (QED) is 0.515. The lowest BCUT2D eigenvalue weighted by Crippen LogP contribution is -2.49. The molecule has 0 aromatic heterocycles. The van der Waals surface area contributed by atoms with Crippen LogP contribution in [-0.2, 0) is 13.0 Å². The van der Waals surface area contributed by atoms with E-state index in [4.69, 9.17) is 23.7 Å². The average molecular weight is 491 g/mol. The molecule has 8 heteroatoms. The number of halogens is 1. The number of hydrogen-bond donors (Lipinski definition) is 0. The van der Waals surface area contributed by atoms with Gasteiger partial charge in [-0.1, -0.05) is 0 Å². The highest BCUT2D eigenvalue weighted by Gasteiger charge is 2.28. The minimum absolute atomic E-state index is 0. The van der Waals surface area contributed by atoms with E-state index in [1.165, 1.54) is 30.5 Å². The number of rotatable bonds is 8. The van der Waals surface area contributed by atoms with Gasteiger partial charge in [0.05, 0.1) is 20.8 Å². The number of benzene rings is 2. The second-order valence-corrected chi connectivity index (χ2v) is 9.01. The number of likely N-dealkylation sites (tertiary alicyclic amines) is 1. The Labute approximate surface area is 208 Å². The zero-order valence-corrected chi connectivity index (χ0v) is 20.9. The maximum atomic E-state index is 5.95. The molecule has 1 saturated heterocycles. The van der Waals surface area contributed by atoms with Crippen molar-refractivity contribution in [1.82, 2.24) is 9.80 Å². The van der Waals surface area contributed by atoms with Gasteiger partial charge in [-0.25, -0.2) is 0 Å². The van der Waals surface area contributed by atoms with E-state index in [1.807, 2.05) is 18.2 Å². The molecule has 1 unspecified atom stereocenters. The lowest BCUT2D eigenvalue weighted by Gasteiger charge is -2.41. The standard InChI is InChI=1S/C26H34N2O5.ClH/c1-29-24-13-19-8-11-28(16-20(19)14-25(24)30-2)21-5-3-9-27(17-21)10-4-12-31-22-6-7-23-26(15-22)33-18-32-23;/h6-7,13-15,21H,3-5,8-12,16-18H2,1-2H3;1H. The number of hydrogen-bond acceptors (Lipinski definition) is 7. The van der Waals surface area contributed by atoms with Crippen molar-refractivity contribution in [3.63, 3.8) is 0 Å². The maximum absolute atomic E-state index is 5.95. The molecule has 0 saturated carbocycles. The summed E-state index contributed by atoms with van der Waals surface area (Å²) in [6.07, 6.45) is 4.60. The Bertz CT molecular complexity index is 972. The molecule has 1 atom stereocenters. The zero-order chi connectivity index (χ0) is 22.6. The van der Waals surface area contributed by atoms with Gasteiger partial charge in [0.2, 0.25) is 6.79 Å². The molecule has 0 aliphatic carbocycles. The fourth-order valence-corrected chi connectivity index (χ4v) is 5.19. The van der Waals surface area contributed by atoms with Crippen molar-refractivity contribution in [2.75, 3.05) is 53.8 Å². The second-order valence-electron chi connectivity index (χ2n) is 9.01. The first-order valence-electron chi connectivity index (χ1n) is 12.0. The molecule has 3 heterocycles. The van der Waals surface area contributed by atoms with Gasteiger partial charge in [-0.05, 0) is 67.6 Å². The SMILES string of the molecule is COc1cc2c(cc1OC)CN(C1CCCN(CCCOc3ccc4c(c3)OCO4)C1)CC2.Cl. The van der Waals surface area contributed by atoms with Gasteiger partial charge < -0.3 is 28.6 Å². The van der Waals surface area contributed by atoms with Crippen LogP contribution in [0.4, 0.5) is 0 Å². The van der Waals surface area contributed by atoms with Gasteiger partial charge in [0.25, 0.3) is 0 Å². The van der Waals surface area contributed by atoms with Crippen molar-refractivity contribution in [2.45, 2.75) is 38.3 Å². The zero-order valence-electron chi connectivity index (χ0n) is 20.1. The van der Waals surface area contributed by atoms with Crippen LogP contribution in [0, 0.1) is 0 Å². The Morgan fingerprint density at radius 1 is 0.971 bits per heavy atom. The van der Waals surface area contributed by atoms with Crippen LogP contribution in [-0.4, -0.2) is 69.6 Å². The van der Waals surface area contributed by atoms with Gasteiger partial charge in [0, 0.05) is 38.3 Å². The summed E-state index contributed by atoms with van der Waals surface area (Å²) in [5, 5.41) is 0. The van der Waals surface area contributed by atoms with Gasteiger partial charge in [-0.3, -0.25) is 4.90 Å². The Morgan fingerprint density at radius 2 is 1.76 bits per heavy atom. The largest absolute Gasteiger partial charge is 0.493 e. The molecule has 186 valence electrons. The summed E-state index contributed by atoms with van der Waals surface area (Å²) < 4.78 is 27.8. The van der Waals surface area contributed by atoms with Gasteiger partial charge in [0.1, 0.15) is 5.75 Å². The van der Waals surface area contributed by atoms with Crippen LogP contribution in [0.2, 0.25) is 0 Å². The molecular weight excluding hydrogens is 456 g/mol. The van der Waals surface area contributed by atoms with Crippen molar-refractivity contribution in [1.29, 1.82) is 0 Å². The van der Waals surface area contributed by atoms with E-state index in [9.17, 15) is 0 Å². The Balaban J connectivity index is 0.00000274. The fourth-order valence-electron chi connectivity index (χ4n) is 5.19. The Kier molecular flexibility index (Phi) is 8.29. The summed E-state index contributed by atoms with van der Waals surface area (Å²) in [4.78, 5) is 5.25. The van der Waals surface area contributed by atoms with Gasteiger partial charge in [0.15, 0.2) is 23.0 Å². The van der Waals surface area contributed by atoms with Crippen LogP contribution in [0.25, 0.3) is 0 Å². The molecular formula is C26H35ClN2O5. The van der Waals surface area contributed by atoms with Crippen molar-refractivity contribution in [2.24, 2.45) is 0 Å². The number of methoxy groups -OCH3 is 2. The first kappa shape index (κ1) is 24.8. The highest BCUT2D eigenvalue weighted by atomic mass is 35.5. The van der Waals surface area contributed by atoms with Crippen LogP contribution in [0.5, 0.6) is 28.7 Å². The van der Waals surface area contributed by atoms with E-state index < -0.39 is 0 Å². The van der Waals surface area contributed by atoms with Crippen molar-refractivity contribution in [3.05, 3.63) is 41.5 Å². The van der Waals surface area contributed by atoms with Crippen LogP contribution in [0.3, 0.4) is 0 Å². The first-order valence-corrected chi connectivity index (χ1v) is 12.0. The lowest BCUT2D eigenvalue weighted by atomic mass is 9.95. The summed E-state index contributed by atoms with van der Waals surface area (Å²) in [5.74, 6) is 4.06. The Hall–Kier alpha value is -2.35. The van der Waals surface area contributed by atoms with E-state index in [0.717, 1.165) is 67.8 Å². The van der Waals surface area contributed by atoms with Crippen molar-refractivity contribution >= 4 is 12.4 Å². The highest BCUT2D eigenvalue weighted by molar-refractivity contribution is 5.85. The number of nitrogens with zero attached hydrogens (tertiary/aromatic N) is 2. The van der Waals surface area contributed by atoms with Crippen LogP contribution in [0.15, 0.2) is 30.3 Å². The molecule has 0 bridgehead atoms. The number of fused-ring (bicyclic) bond motifs is 2. The van der Waals surface area contributed by atoms with E-state index in [0.29, 0.717) is 19.4 Å². The van der Waals surface area contributed by atoms with Gasteiger partial charge in [-0.2, -0.15) is 0 Å². The predicted octanol–water partition coefficient (Wildman–Crippen LogP) is 4.15. The van der Waals surface area contributed by atoms with Gasteiger partial charge >= 0.3 is 0 Å². The summed E-state index contributed by atoms with van der Waals surface area (Å²) >= 11 is 0. The third-order valence-corrected chi connectivity index (χ3v) is 6.98. The maximum Gasteiger partial charge on any atom is 0.231 e. The van der Waals surface area contributed by atoms with Crippen LogP contribution in [0.1, 0.15) is 30.4 Å². The summed E-state index contributed by atoms with van der Waals surface area (Å²) in [6, 6.07) is 10.7. The summed E-state index contributed by atoms with van der Waals surface area (Å²) in [6.45, 7) is 6.47. The minimum atomic E-state index is 0. The van der Waals surface area contributed by atoms with E-state index in [-0.39, 0.29) is 12.4 Å². The van der Waals surface area contributed by atoms with Crippen molar-refractivity contribution < 1.29 is 23.7 Å². The predicted molar refractivity (Wildman–Crippen MR) is 133 cm³/mol. The minimum Gasteiger partial charge on any atom is -0.493 e. The molecule has 7 nitrogen and oxygen atoms in total. The molecule has 3 aliphatic rings. The number of ether oxygens (including phenoxy) is 5. The molecule has 3 aliphatic heterocycles. The molecule has 2 aromatic rings. The van der Waals surface area contributed by atoms with E-state index in [1.54, 1.807) is 14.2 Å². The third kappa shape index (κ3) is 5.48. The molecule has 5 rings (SSSR count). The van der Waals surface area contributed by atoms with Gasteiger partial charge in [-0.15, -0.1) is 12.4 Å². The Morgan fingerprint density at radius 3 is 2.59 bits per heavy atom. The molecule has 0 N–H and O–H groups in total. The molecule has 34 heavy (non-hydrogen) atoms. The molecule has 0 spiro atoms. The molecule has 0 radical (unpaired) electrons. The molecule has 2 aromatic carbocycles. The van der Waals surface area contributed by atoms with E-state index >= 15 is 0 Å². The van der Waals surface area contributed by atoms with E-state index in [2.05, 4.69) is 21.9 Å². The fraction of sp³-hybridized carbons (Fsp3) is 0.538. The van der Waals surface area contributed by atoms with Crippen LogP contribution < -0.4 is 23.7 Å².